The van der Waals surface area contributed by atoms with E-state index in [1.807, 2.05) is 0 Å². The maximum absolute atomic E-state index is 12.2. The lowest BCUT2D eigenvalue weighted by molar-refractivity contribution is -0.125. The van der Waals surface area contributed by atoms with Gasteiger partial charge in [-0.3, -0.25) is 4.79 Å². The van der Waals surface area contributed by atoms with E-state index in [4.69, 9.17) is 0 Å². The Morgan fingerprint density at radius 3 is 2.39 bits per heavy atom. The quantitative estimate of drug-likeness (QED) is 0.791. The molecule has 0 aromatic rings. The molecule has 3 heteroatoms. The second kappa shape index (κ2) is 7.13. The second-order valence-corrected chi connectivity index (χ2v) is 6.45. The van der Waals surface area contributed by atoms with Gasteiger partial charge in [0, 0.05) is 6.54 Å². The lowest BCUT2D eigenvalue weighted by Crippen LogP contribution is -2.52. The van der Waals surface area contributed by atoms with Gasteiger partial charge in [0.15, 0.2) is 0 Å². The summed E-state index contributed by atoms with van der Waals surface area (Å²) in [5.41, 5.74) is 0. The molecule has 0 aromatic carbocycles. The zero-order chi connectivity index (χ0) is 13.7. The third kappa shape index (κ3) is 4.27. The molecule has 2 unspecified atom stereocenters. The van der Waals surface area contributed by atoms with Gasteiger partial charge in [-0.25, -0.2) is 0 Å². The topological polar surface area (TPSA) is 41.1 Å². The van der Waals surface area contributed by atoms with Crippen LogP contribution in [0.3, 0.4) is 0 Å². The van der Waals surface area contributed by atoms with E-state index < -0.39 is 0 Å². The fourth-order valence-corrected chi connectivity index (χ4v) is 2.97. The lowest BCUT2D eigenvalue weighted by atomic mass is 9.85. The number of amides is 1. The Kier molecular flexibility index (Phi) is 6.13. The van der Waals surface area contributed by atoms with Gasteiger partial charge in [0.2, 0.25) is 5.91 Å². The first-order valence-electron chi connectivity index (χ1n) is 7.44. The Balaban J connectivity index is 2.44. The molecule has 0 aromatic heterocycles. The van der Waals surface area contributed by atoms with Crippen molar-refractivity contribution in [3.63, 3.8) is 0 Å². The molecule has 1 fully saturated rings. The number of piperidine rings is 1. The maximum atomic E-state index is 12.2. The van der Waals surface area contributed by atoms with Gasteiger partial charge in [0.25, 0.3) is 0 Å². The Labute approximate surface area is 112 Å². The van der Waals surface area contributed by atoms with Crippen LogP contribution >= 0.6 is 0 Å². The van der Waals surface area contributed by atoms with Crippen LogP contribution in [0.5, 0.6) is 0 Å². The predicted octanol–water partition coefficient (Wildman–Crippen LogP) is 2.42. The van der Waals surface area contributed by atoms with Crippen molar-refractivity contribution < 1.29 is 4.79 Å². The van der Waals surface area contributed by atoms with Crippen molar-refractivity contribution >= 4 is 5.91 Å². The molecule has 2 atom stereocenters. The van der Waals surface area contributed by atoms with Crippen LogP contribution < -0.4 is 10.6 Å². The molecule has 3 nitrogen and oxygen atoms in total. The van der Waals surface area contributed by atoms with Crippen molar-refractivity contribution in [2.24, 2.45) is 23.7 Å². The summed E-state index contributed by atoms with van der Waals surface area (Å²) in [5.74, 6) is 2.43. The summed E-state index contributed by atoms with van der Waals surface area (Å²) in [7, 11) is 0. The van der Waals surface area contributed by atoms with E-state index in [-0.39, 0.29) is 11.9 Å². The molecule has 0 aliphatic carbocycles. The highest BCUT2D eigenvalue weighted by atomic mass is 16.2. The molecule has 0 radical (unpaired) electrons. The van der Waals surface area contributed by atoms with Crippen molar-refractivity contribution in [3.8, 4) is 0 Å². The van der Waals surface area contributed by atoms with Gasteiger partial charge in [0.05, 0.1) is 6.04 Å². The fraction of sp³-hybridized carbons (Fsp3) is 0.933. The Bertz CT molecular complexity index is 255. The van der Waals surface area contributed by atoms with E-state index in [1.165, 1.54) is 6.42 Å². The van der Waals surface area contributed by atoms with Gasteiger partial charge in [0.1, 0.15) is 0 Å². The highest BCUT2D eigenvalue weighted by molar-refractivity contribution is 5.82. The molecule has 1 aliphatic heterocycles. The molecular weight excluding hydrogens is 224 g/mol. The summed E-state index contributed by atoms with van der Waals surface area (Å²) >= 11 is 0. The number of rotatable bonds is 5. The minimum absolute atomic E-state index is 0.0127. The average molecular weight is 254 g/mol. The third-order valence-corrected chi connectivity index (χ3v) is 4.28. The number of carbonyl (C=O) groups is 1. The Hall–Kier alpha value is -0.570. The van der Waals surface area contributed by atoms with Crippen LogP contribution in [0.15, 0.2) is 0 Å². The number of hydrogen-bond acceptors (Lipinski definition) is 2. The zero-order valence-electron chi connectivity index (χ0n) is 12.6. The van der Waals surface area contributed by atoms with Crippen LogP contribution in [0.1, 0.15) is 47.5 Å². The third-order valence-electron chi connectivity index (χ3n) is 4.28. The van der Waals surface area contributed by atoms with E-state index in [0.717, 1.165) is 19.5 Å². The van der Waals surface area contributed by atoms with Gasteiger partial charge < -0.3 is 10.6 Å². The molecule has 2 N–H and O–H groups in total. The van der Waals surface area contributed by atoms with E-state index >= 15 is 0 Å². The smallest absolute Gasteiger partial charge is 0.237 e. The van der Waals surface area contributed by atoms with Crippen molar-refractivity contribution in [2.75, 3.05) is 13.1 Å². The molecule has 1 heterocycles. The maximum Gasteiger partial charge on any atom is 0.237 e. The molecule has 106 valence electrons. The minimum atomic E-state index is 0.0127. The molecule has 0 bridgehead atoms. The molecule has 1 aliphatic rings. The fourth-order valence-electron chi connectivity index (χ4n) is 2.97. The SMILES string of the molecule is CC(C)C(CNC(=O)C1NCCCC1C)C(C)C. The first kappa shape index (κ1) is 15.5. The highest BCUT2D eigenvalue weighted by Crippen LogP contribution is 2.20. The molecule has 18 heavy (non-hydrogen) atoms. The predicted molar refractivity (Wildman–Crippen MR) is 76.4 cm³/mol. The number of hydrogen-bond donors (Lipinski definition) is 2. The monoisotopic (exact) mass is 254 g/mol. The highest BCUT2D eigenvalue weighted by Gasteiger charge is 2.28. The van der Waals surface area contributed by atoms with Crippen LogP contribution in [0, 0.1) is 23.7 Å². The van der Waals surface area contributed by atoms with E-state index in [2.05, 4.69) is 45.3 Å². The number of carbonyl (C=O) groups excluding carboxylic acids is 1. The van der Waals surface area contributed by atoms with Gasteiger partial charge in [-0.05, 0) is 43.1 Å². The van der Waals surface area contributed by atoms with Crippen LogP contribution in [-0.4, -0.2) is 25.0 Å². The van der Waals surface area contributed by atoms with Crippen molar-refractivity contribution in [3.05, 3.63) is 0 Å². The van der Waals surface area contributed by atoms with Crippen LogP contribution in [0.2, 0.25) is 0 Å². The van der Waals surface area contributed by atoms with Crippen LogP contribution in [-0.2, 0) is 4.79 Å². The number of nitrogens with one attached hydrogen (secondary N) is 2. The van der Waals surface area contributed by atoms with Gasteiger partial charge >= 0.3 is 0 Å². The first-order chi connectivity index (χ1) is 8.43. The van der Waals surface area contributed by atoms with Crippen molar-refractivity contribution in [1.29, 1.82) is 0 Å². The van der Waals surface area contributed by atoms with E-state index in [9.17, 15) is 4.79 Å². The molecule has 1 amide bonds. The standard InChI is InChI=1S/C15H30N2O/c1-10(2)13(11(3)4)9-17-15(18)14-12(5)7-6-8-16-14/h10-14,16H,6-9H2,1-5H3,(H,17,18). The molecule has 1 rings (SSSR count). The largest absolute Gasteiger partial charge is 0.354 e. The van der Waals surface area contributed by atoms with Crippen LogP contribution in [0.4, 0.5) is 0 Å². The second-order valence-electron chi connectivity index (χ2n) is 6.45. The first-order valence-corrected chi connectivity index (χ1v) is 7.44. The average Bonchev–Trinajstić information content (AvgIpc) is 2.28. The van der Waals surface area contributed by atoms with Crippen LogP contribution in [0.25, 0.3) is 0 Å². The summed E-state index contributed by atoms with van der Waals surface area (Å²) in [5, 5.41) is 6.48. The summed E-state index contributed by atoms with van der Waals surface area (Å²) < 4.78 is 0. The summed E-state index contributed by atoms with van der Waals surface area (Å²) in [6.45, 7) is 12.9. The van der Waals surface area contributed by atoms with Gasteiger partial charge in [-0.15, -0.1) is 0 Å². The van der Waals surface area contributed by atoms with Gasteiger partial charge in [-0.1, -0.05) is 34.6 Å². The van der Waals surface area contributed by atoms with Gasteiger partial charge in [-0.2, -0.15) is 0 Å². The normalized spacial score (nSPS) is 24.9. The van der Waals surface area contributed by atoms with E-state index in [0.29, 0.717) is 23.7 Å². The Morgan fingerprint density at radius 1 is 1.28 bits per heavy atom. The van der Waals surface area contributed by atoms with Crippen molar-refractivity contribution in [2.45, 2.75) is 53.5 Å². The molecular formula is C15H30N2O. The summed E-state index contributed by atoms with van der Waals surface area (Å²) in [6, 6.07) is 0.0127. The minimum Gasteiger partial charge on any atom is -0.354 e. The molecule has 0 spiro atoms. The lowest BCUT2D eigenvalue weighted by Gasteiger charge is -2.31. The zero-order valence-corrected chi connectivity index (χ0v) is 12.6. The molecule has 1 saturated heterocycles. The molecule has 0 saturated carbocycles. The van der Waals surface area contributed by atoms with E-state index in [1.54, 1.807) is 0 Å². The summed E-state index contributed by atoms with van der Waals surface area (Å²) in [6.07, 6.45) is 2.34. The Morgan fingerprint density at radius 2 is 1.89 bits per heavy atom. The van der Waals surface area contributed by atoms with Crippen molar-refractivity contribution in [1.82, 2.24) is 10.6 Å². The summed E-state index contributed by atoms with van der Waals surface area (Å²) in [4.78, 5) is 12.2.